The van der Waals surface area contributed by atoms with Gasteiger partial charge < -0.3 is 15.6 Å². The number of aliphatic carboxylic acids is 1. The van der Waals surface area contributed by atoms with Crippen LogP contribution in [-0.4, -0.2) is 24.7 Å². The van der Waals surface area contributed by atoms with E-state index in [1.54, 1.807) is 6.07 Å². The smallest absolute Gasteiger partial charge is 0.312 e. The van der Waals surface area contributed by atoms with E-state index in [1.807, 2.05) is 24.3 Å². The number of fused-ring (bicyclic) bond motifs is 1. The average Bonchev–Trinajstić information content (AvgIpc) is 2.39. The molecule has 1 unspecified atom stereocenters. The zero-order valence-electron chi connectivity index (χ0n) is 10.4. The summed E-state index contributed by atoms with van der Waals surface area (Å²) in [5.41, 5.74) is 6.23. The third-order valence-electron chi connectivity index (χ3n) is 3.09. The molecule has 3 N–H and O–H groups in total. The predicted octanol–water partition coefficient (Wildman–Crippen LogP) is 2.74. The molecule has 2 rings (SSSR count). The number of rotatable bonds is 4. The minimum Gasteiger partial charge on any atom is -0.496 e. The van der Waals surface area contributed by atoms with Gasteiger partial charge in [-0.25, -0.2) is 0 Å². The summed E-state index contributed by atoms with van der Waals surface area (Å²) in [6, 6.07) is 9.37. The number of carboxylic acid groups (broad SMARTS) is 1. The molecule has 0 aliphatic rings. The molecule has 0 fully saturated rings. The topological polar surface area (TPSA) is 72.5 Å². The number of hydrogen-bond donors (Lipinski definition) is 2. The maximum absolute atomic E-state index is 11.4. The van der Waals surface area contributed by atoms with Gasteiger partial charge in [-0.2, -0.15) is 0 Å². The second-order valence-corrected chi connectivity index (χ2v) is 5.09. The highest BCUT2D eigenvalue weighted by Crippen LogP contribution is 2.35. The Bertz CT molecular complexity index is 627. The van der Waals surface area contributed by atoms with Crippen molar-refractivity contribution in [2.75, 3.05) is 13.7 Å². The summed E-state index contributed by atoms with van der Waals surface area (Å²) in [6.07, 6.45) is 0. The third kappa shape index (κ3) is 2.57. The van der Waals surface area contributed by atoms with Gasteiger partial charge in [0.2, 0.25) is 0 Å². The predicted molar refractivity (Wildman–Crippen MR) is 77.6 cm³/mol. The molecule has 2 aromatic carbocycles. The molecule has 4 nitrogen and oxygen atoms in total. The van der Waals surface area contributed by atoms with E-state index in [-0.39, 0.29) is 6.54 Å². The van der Waals surface area contributed by atoms with Crippen molar-refractivity contribution < 1.29 is 14.6 Å². The van der Waals surface area contributed by atoms with Crippen LogP contribution in [-0.2, 0) is 4.79 Å². The molecule has 0 saturated carbocycles. The first-order chi connectivity index (χ1) is 9.08. The summed E-state index contributed by atoms with van der Waals surface area (Å²) in [5, 5.41) is 11.1. The number of carbonyl (C=O) groups is 1. The largest absolute Gasteiger partial charge is 0.496 e. The molecule has 100 valence electrons. The first-order valence-electron chi connectivity index (χ1n) is 5.77. The molecule has 0 radical (unpaired) electrons. The maximum atomic E-state index is 11.4. The van der Waals surface area contributed by atoms with Crippen LogP contribution in [0.15, 0.2) is 34.8 Å². The second kappa shape index (κ2) is 5.59. The van der Waals surface area contributed by atoms with Gasteiger partial charge in [-0.05, 0) is 29.0 Å². The minimum absolute atomic E-state index is 0.0286. The summed E-state index contributed by atoms with van der Waals surface area (Å²) in [5.74, 6) is -1.18. The number of hydrogen-bond acceptors (Lipinski definition) is 3. The Morgan fingerprint density at radius 1 is 1.42 bits per heavy atom. The van der Waals surface area contributed by atoms with Crippen LogP contribution in [0.2, 0.25) is 0 Å². The van der Waals surface area contributed by atoms with Gasteiger partial charge in [-0.3, -0.25) is 4.79 Å². The van der Waals surface area contributed by atoms with Gasteiger partial charge in [0.1, 0.15) is 5.75 Å². The van der Waals surface area contributed by atoms with Crippen LogP contribution in [0, 0.1) is 0 Å². The zero-order valence-corrected chi connectivity index (χ0v) is 12.0. The minimum atomic E-state index is -0.948. The fourth-order valence-corrected chi connectivity index (χ4v) is 2.56. The van der Waals surface area contributed by atoms with E-state index < -0.39 is 11.9 Å². The Balaban J connectivity index is 2.77. The lowest BCUT2D eigenvalue weighted by atomic mass is 9.92. The number of nitrogens with two attached hydrogens (primary N) is 1. The van der Waals surface area contributed by atoms with Crippen LogP contribution in [0.1, 0.15) is 11.5 Å². The highest BCUT2D eigenvalue weighted by Gasteiger charge is 2.24. The van der Waals surface area contributed by atoms with Gasteiger partial charge in [0.25, 0.3) is 0 Å². The van der Waals surface area contributed by atoms with E-state index in [9.17, 15) is 9.90 Å². The van der Waals surface area contributed by atoms with Crippen LogP contribution < -0.4 is 10.5 Å². The summed E-state index contributed by atoms with van der Waals surface area (Å²) in [7, 11) is 1.53. The monoisotopic (exact) mass is 323 g/mol. The van der Waals surface area contributed by atoms with Crippen molar-refractivity contribution in [3.8, 4) is 5.75 Å². The molecule has 0 aliphatic carbocycles. The SMILES string of the molecule is COc1ccc2cc(Br)ccc2c1C(CN)C(=O)O. The summed E-state index contributed by atoms with van der Waals surface area (Å²) >= 11 is 3.40. The second-order valence-electron chi connectivity index (χ2n) is 4.17. The van der Waals surface area contributed by atoms with Crippen molar-refractivity contribution in [1.82, 2.24) is 0 Å². The highest BCUT2D eigenvalue weighted by atomic mass is 79.9. The van der Waals surface area contributed by atoms with Crippen molar-refractivity contribution >= 4 is 32.7 Å². The standard InChI is InChI=1S/C14H14BrNO3/c1-19-12-5-2-8-6-9(15)3-4-10(8)13(12)11(7-16)14(17)18/h2-6,11H,7,16H2,1H3,(H,17,18). The van der Waals surface area contributed by atoms with Gasteiger partial charge >= 0.3 is 5.97 Å². The van der Waals surface area contributed by atoms with Crippen molar-refractivity contribution in [3.63, 3.8) is 0 Å². The van der Waals surface area contributed by atoms with Crippen LogP contribution >= 0.6 is 15.9 Å². The van der Waals surface area contributed by atoms with E-state index in [2.05, 4.69) is 15.9 Å². The molecular formula is C14H14BrNO3. The molecule has 19 heavy (non-hydrogen) atoms. The Kier molecular flexibility index (Phi) is 4.07. The number of benzene rings is 2. The molecule has 0 aliphatic heterocycles. The molecule has 0 heterocycles. The molecular weight excluding hydrogens is 310 g/mol. The lowest BCUT2D eigenvalue weighted by Crippen LogP contribution is -2.22. The summed E-state index contributed by atoms with van der Waals surface area (Å²) in [6.45, 7) is 0.0286. The van der Waals surface area contributed by atoms with Crippen LogP contribution in [0.3, 0.4) is 0 Å². The first kappa shape index (κ1) is 13.8. The van der Waals surface area contributed by atoms with E-state index >= 15 is 0 Å². The highest BCUT2D eigenvalue weighted by molar-refractivity contribution is 9.10. The van der Waals surface area contributed by atoms with E-state index in [4.69, 9.17) is 10.5 Å². The van der Waals surface area contributed by atoms with Gasteiger partial charge in [0, 0.05) is 16.6 Å². The molecule has 0 aromatic heterocycles. The first-order valence-corrected chi connectivity index (χ1v) is 6.56. The van der Waals surface area contributed by atoms with Crippen molar-refractivity contribution in [2.24, 2.45) is 5.73 Å². The quantitative estimate of drug-likeness (QED) is 0.907. The Morgan fingerprint density at radius 2 is 2.16 bits per heavy atom. The Morgan fingerprint density at radius 3 is 2.74 bits per heavy atom. The number of methoxy groups -OCH3 is 1. The van der Waals surface area contributed by atoms with E-state index in [1.165, 1.54) is 7.11 Å². The van der Waals surface area contributed by atoms with Gasteiger partial charge in [0.15, 0.2) is 0 Å². The lowest BCUT2D eigenvalue weighted by molar-refractivity contribution is -0.138. The third-order valence-corrected chi connectivity index (χ3v) is 3.58. The Labute approximate surface area is 119 Å². The van der Waals surface area contributed by atoms with Gasteiger partial charge in [0.05, 0.1) is 13.0 Å². The van der Waals surface area contributed by atoms with Crippen molar-refractivity contribution in [1.29, 1.82) is 0 Å². The summed E-state index contributed by atoms with van der Waals surface area (Å²) < 4.78 is 6.23. The molecule has 1 atom stereocenters. The Hall–Kier alpha value is -1.59. The van der Waals surface area contributed by atoms with Gasteiger partial charge in [-0.1, -0.05) is 28.1 Å². The fourth-order valence-electron chi connectivity index (χ4n) is 2.18. The van der Waals surface area contributed by atoms with E-state index in [0.29, 0.717) is 11.3 Å². The number of halogens is 1. The van der Waals surface area contributed by atoms with Crippen LogP contribution in [0.4, 0.5) is 0 Å². The van der Waals surface area contributed by atoms with Crippen molar-refractivity contribution in [2.45, 2.75) is 5.92 Å². The molecule has 0 spiro atoms. The fraction of sp³-hybridized carbons (Fsp3) is 0.214. The number of ether oxygens (including phenoxy) is 1. The molecule has 5 heteroatoms. The van der Waals surface area contributed by atoms with Gasteiger partial charge in [-0.15, -0.1) is 0 Å². The van der Waals surface area contributed by atoms with Crippen LogP contribution in [0.25, 0.3) is 10.8 Å². The average molecular weight is 324 g/mol. The molecule has 0 amide bonds. The maximum Gasteiger partial charge on any atom is 0.312 e. The lowest BCUT2D eigenvalue weighted by Gasteiger charge is -2.17. The summed E-state index contributed by atoms with van der Waals surface area (Å²) in [4.78, 5) is 11.4. The zero-order chi connectivity index (χ0) is 14.0. The van der Waals surface area contributed by atoms with Crippen LogP contribution in [0.5, 0.6) is 5.75 Å². The molecule has 0 bridgehead atoms. The van der Waals surface area contributed by atoms with Crippen molar-refractivity contribution in [3.05, 3.63) is 40.4 Å². The normalized spacial score (nSPS) is 12.4. The van der Waals surface area contributed by atoms with E-state index in [0.717, 1.165) is 15.2 Å². The molecule has 2 aromatic rings. The number of carboxylic acids is 1. The molecule has 0 saturated heterocycles.